The molecule has 0 spiro atoms. The lowest BCUT2D eigenvalue weighted by atomic mass is 10.2. The van der Waals surface area contributed by atoms with Crippen LogP contribution in [0.2, 0.25) is 5.15 Å². The standard InChI is InChI=1S/C16H18ClN3O3/c1-3-4-5-14-19-15(17)13(10-21)20(14)9-12-7-6-11(8-18-12)16(22)23-2/h6-8,10H,3-5,9H2,1-2H3. The average Bonchev–Trinajstić information content (AvgIpc) is 2.87. The van der Waals surface area contributed by atoms with E-state index >= 15 is 0 Å². The highest BCUT2D eigenvalue weighted by Crippen LogP contribution is 2.19. The van der Waals surface area contributed by atoms with Gasteiger partial charge in [-0.25, -0.2) is 9.78 Å². The molecule has 0 amide bonds. The molecule has 122 valence electrons. The van der Waals surface area contributed by atoms with Crippen LogP contribution in [-0.4, -0.2) is 33.9 Å². The number of imidazole rings is 1. The Kier molecular flexibility index (Phi) is 5.87. The zero-order valence-electron chi connectivity index (χ0n) is 13.1. The van der Waals surface area contributed by atoms with Gasteiger partial charge < -0.3 is 9.30 Å². The van der Waals surface area contributed by atoms with Crippen LogP contribution in [0.25, 0.3) is 0 Å². The maximum absolute atomic E-state index is 11.4. The van der Waals surface area contributed by atoms with E-state index < -0.39 is 5.97 Å². The molecule has 0 aliphatic carbocycles. The first-order valence-corrected chi connectivity index (χ1v) is 7.71. The number of aromatic nitrogens is 3. The van der Waals surface area contributed by atoms with Crippen molar-refractivity contribution in [3.8, 4) is 0 Å². The third-order valence-corrected chi connectivity index (χ3v) is 3.75. The van der Waals surface area contributed by atoms with Gasteiger partial charge in [0, 0.05) is 12.6 Å². The van der Waals surface area contributed by atoms with Gasteiger partial charge in [0.15, 0.2) is 11.4 Å². The molecule has 0 aliphatic heterocycles. The van der Waals surface area contributed by atoms with Crippen molar-refractivity contribution in [2.24, 2.45) is 0 Å². The van der Waals surface area contributed by atoms with Crippen molar-refractivity contribution < 1.29 is 14.3 Å². The molecule has 0 fully saturated rings. The Morgan fingerprint density at radius 3 is 2.78 bits per heavy atom. The molecule has 7 heteroatoms. The van der Waals surface area contributed by atoms with Crippen molar-refractivity contribution in [2.75, 3.05) is 7.11 Å². The number of halogens is 1. The summed E-state index contributed by atoms with van der Waals surface area (Å²) in [5.41, 5.74) is 1.42. The van der Waals surface area contributed by atoms with E-state index in [2.05, 4.69) is 21.6 Å². The minimum atomic E-state index is -0.438. The molecule has 0 N–H and O–H groups in total. The Morgan fingerprint density at radius 2 is 2.22 bits per heavy atom. The molecule has 0 aliphatic rings. The Balaban J connectivity index is 2.27. The van der Waals surface area contributed by atoms with E-state index in [1.807, 2.05) is 0 Å². The summed E-state index contributed by atoms with van der Waals surface area (Å²) in [4.78, 5) is 31.2. The van der Waals surface area contributed by atoms with Gasteiger partial charge in [-0.05, 0) is 18.6 Å². The van der Waals surface area contributed by atoms with Crippen LogP contribution in [0.5, 0.6) is 0 Å². The molecule has 2 rings (SSSR count). The Hall–Kier alpha value is -2.21. The largest absolute Gasteiger partial charge is 0.465 e. The molecule has 2 heterocycles. The third-order valence-electron chi connectivity index (χ3n) is 3.47. The van der Waals surface area contributed by atoms with E-state index in [-0.39, 0.29) is 5.15 Å². The molecule has 23 heavy (non-hydrogen) atoms. The number of unbranched alkanes of at least 4 members (excludes halogenated alkanes) is 1. The quantitative estimate of drug-likeness (QED) is 0.574. The van der Waals surface area contributed by atoms with Gasteiger partial charge in [0.2, 0.25) is 0 Å². The number of hydrogen-bond donors (Lipinski definition) is 0. The summed E-state index contributed by atoms with van der Waals surface area (Å²) < 4.78 is 6.41. The molecule has 6 nitrogen and oxygen atoms in total. The van der Waals surface area contributed by atoms with E-state index in [1.165, 1.54) is 13.3 Å². The number of aryl methyl sites for hydroxylation is 1. The topological polar surface area (TPSA) is 74.1 Å². The number of ether oxygens (including phenoxy) is 1. The van der Waals surface area contributed by atoms with Gasteiger partial charge in [-0.1, -0.05) is 24.9 Å². The lowest BCUT2D eigenvalue weighted by molar-refractivity contribution is 0.0600. The molecule has 0 aromatic carbocycles. The predicted octanol–water partition coefficient (Wildman–Crippen LogP) is 2.92. The van der Waals surface area contributed by atoms with Crippen molar-refractivity contribution >= 4 is 23.9 Å². The minimum Gasteiger partial charge on any atom is -0.465 e. The van der Waals surface area contributed by atoms with Gasteiger partial charge in [-0.2, -0.15) is 0 Å². The number of nitrogens with zero attached hydrogens (tertiary/aromatic N) is 3. The van der Waals surface area contributed by atoms with Crippen LogP contribution in [0.3, 0.4) is 0 Å². The maximum Gasteiger partial charge on any atom is 0.339 e. The fourth-order valence-electron chi connectivity index (χ4n) is 2.21. The highest BCUT2D eigenvalue weighted by molar-refractivity contribution is 6.31. The van der Waals surface area contributed by atoms with E-state index in [1.54, 1.807) is 16.7 Å². The van der Waals surface area contributed by atoms with Gasteiger partial charge >= 0.3 is 5.97 Å². The van der Waals surface area contributed by atoms with Crippen molar-refractivity contribution in [2.45, 2.75) is 32.7 Å². The van der Waals surface area contributed by atoms with E-state index in [0.717, 1.165) is 25.1 Å². The first kappa shape index (κ1) is 17.1. The molecule has 0 radical (unpaired) electrons. The Morgan fingerprint density at radius 1 is 1.43 bits per heavy atom. The molecule has 0 bridgehead atoms. The summed E-state index contributed by atoms with van der Waals surface area (Å²) in [6.07, 6.45) is 4.87. The number of rotatable bonds is 7. The second kappa shape index (κ2) is 7.87. The predicted molar refractivity (Wildman–Crippen MR) is 85.9 cm³/mol. The average molecular weight is 336 g/mol. The van der Waals surface area contributed by atoms with Crippen LogP contribution in [0.15, 0.2) is 18.3 Å². The second-order valence-electron chi connectivity index (χ2n) is 5.04. The summed E-state index contributed by atoms with van der Waals surface area (Å²) in [5, 5.41) is 0.206. The molecular weight excluding hydrogens is 318 g/mol. The summed E-state index contributed by atoms with van der Waals surface area (Å²) >= 11 is 6.04. The fraction of sp³-hybridized carbons (Fsp3) is 0.375. The van der Waals surface area contributed by atoms with Gasteiger partial charge in [-0.3, -0.25) is 9.78 Å². The fourth-order valence-corrected chi connectivity index (χ4v) is 2.46. The molecule has 0 atom stereocenters. The summed E-state index contributed by atoms with van der Waals surface area (Å²) in [7, 11) is 1.32. The van der Waals surface area contributed by atoms with E-state index in [0.29, 0.717) is 29.8 Å². The second-order valence-corrected chi connectivity index (χ2v) is 5.40. The van der Waals surface area contributed by atoms with Crippen LogP contribution < -0.4 is 0 Å². The molecular formula is C16H18ClN3O3. The molecule has 0 saturated heterocycles. The molecule has 2 aromatic heterocycles. The van der Waals surface area contributed by atoms with Gasteiger partial charge in [0.1, 0.15) is 11.5 Å². The lowest BCUT2D eigenvalue weighted by Crippen LogP contribution is -2.10. The molecule has 2 aromatic rings. The minimum absolute atomic E-state index is 0.206. The Bertz CT molecular complexity index is 695. The van der Waals surface area contributed by atoms with Crippen LogP contribution >= 0.6 is 11.6 Å². The van der Waals surface area contributed by atoms with Crippen LogP contribution in [0.4, 0.5) is 0 Å². The zero-order chi connectivity index (χ0) is 16.8. The normalized spacial score (nSPS) is 10.6. The first-order chi connectivity index (χ1) is 11.1. The number of esters is 1. The van der Waals surface area contributed by atoms with Gasteiger partial charge in [0.05, 0.1) is 24.9 Å². The highest BCUT2D eigenvalue weighted by atomic mass is 35.5. The van der Waals surface area contributed by atoms with E-state index in [4.69, 9.17) is 11.6 Å². The maximum atomic E-state index is 11.4. The zero-order valence-corrected chi connectivity index (χ0v) is 13.8. The monoisotopic (exact) mass is 335 g/mol. The van der Waals surface area contributed by atoms with Crippen LogP contribution in [0, 0.1) is 0 Å². The van der Waals surface area contributed by atoms with Crippen LogP contribution in [-0.2, 0) is 17.7 Å². The van der Waals surface area contributed by atoms with Crippen molar-refractivity contribution in [1.82, 2.24) is 14.5 Å². The SMILES string of the molecule is CCCCc1nc(Cl)c(C=O)n1Cc1ccc(C(=O)OC)cn1. The number of carbonyl (C=O) groups is 2. The molecule has 0 saturated carbocycles. The highest BCUT2D eigenvalue weighted by Gasteiger charge is 2.16. The summed E-state index contributed by atoms with van der Waals surface area (Å²) in [6, 6.07) is 3.36. The smallest absolute Gasteiger partial charge is 0.339 e. The van der Waals surface area contributed by atoms with Crippen molar-refractivity contribution in [3.63, 3.8) is 0 Å². The lowest BCUT2D eigenvalue weighted by Gasteiger charge is -2.09. The summed E-state index contributed by atoms with van der Waals surface area (Å²) in [5.74, 6) is 0.324. The number of hydrogen-bond acceptors (Lipinski definition) is 5. The number of carbonyl (C=O) groups excluding carboxylic acids is 2. The van der Waals surface area contributed by atoms with Crippen molar-refractivity contribution in [1.29, 1.82) is 0 Å². The summed E-state index contributed by atoms with van der Waals surface area (Å²) in [6.45, 7) is 2.46. The third kappa shape index (κ3) is 3.96. The number of methoxy groups -OCH3 is 1. The van der Waals surface area contributed by atoms with E-state index in [9.17, 15) is 9.59 Å². The van der Waals surface area contributed by atoms with Crippen molar-refractivity contribution in [3.05, 3.63) is 46.3 Å². The van der Waals surface area contributed by atoms with Gasteiger partial charge in [0.25, 0.3) is 0 Å². The van der Waals surface area contributed by atoms with Gasteiger partial charge in [-0.15, -0.1) is 0 Å². The number of aldehydes is 1. The Labute approximate surface area is 139 Å². The first-order valence-electron chi connectivity index (χ1n) is 7.34. The molecule has 0 unspecified atom stereocenters. The number of pyridine rings is 1. The van der Waals surface area contributed by atoms with Crippen LogP contribution in [0.1, 0.15) is 52.1 Å².